The highest BCUT2D eigenvalue weighted by Crippen LogP contribution is 2.43. The van der Waals surface area contributed by atoms with Gasteiger partial charge in [0, 0.05) is 6.42 Å². The molecular formula is C42H72NO9P. The van der Waals surface area contributed by atoms with Crippen LogP contribution in [0, 0.1) is 0 Å². The molecule has 10 nitrogen and oxygen atoms in total. The van der Waals surface area contributed by atoms with Gasteiger partial charge in [0.25, 0.3) is 0 Å². The highest BCUT2D eigenvalue weighted by molar-refractivity contribution is 7.47. The Bertz CT molecular complexity index is 1120. The molecule has 0 saturated heterocycles. The van der Waals surface area contributed by atoms with E-state index in [1.807, 2.05) is 12.2 Å². The molecule has 0 aromatic carbocycles. The molecule has 3 unspecified atom stereocenters. The fourth-order valence-electron chi connectivity index (χ4n) is 4.90. The summed E-state index contributed by atoms with van der Waals surface area (Å²) in [5.74, 6) is -1.83. The average molecular weight is 766 g/mol. The van der Waals surface area contributed by atoms with Gasteiger partial charge in [-0.25, -0.2) is 4.57 Å². The fraction of sp³-hybridized carbons (Fsp3) is 0.667. The van der Waals surface area contributed by atoms with Gasteiger partial charge >= 0.3 is 19.8 Å². The second-order valence-electron chi connectivity index (χ2n) is 13.0. The standard InChI is InChI=1S/C42H72NO9P/c1-3-5-7-9-11-13-15-17-19-21-23-25-27-29-31-33-35-49-36-39(37-50-53(47,48)51-38-40(43)42(45)46)52-41(44)34-32-30-28-26-24-22-20-18-16-14-12-10-8-6-4-2/h5,7,11,13,17-20,23,25,29,31,39-40H,3-4,6,8-10,12,14-16,21-22,24,26-28,30,32-38,43H2,1-2H3,(H,45,46)(H,47,48)/b7-5-,13-11-,19-17-,20-18-,25-23-,31-29-. The highest BCUT2D eigenvalue weighted by Gasteiger charge is 2.27. The zero-order valence-corrected chi connectivity index (χ0v) is 33.7. The zero-order chi connectivity index (χ0) is 39.1. The molecule has 0 aromatic heterocycles. The van der Waals surface area contributed by atoms with E-state index in [0.29, 0.717) is 19.4 Å². The Kier molecular flexibility index (Phi) is 35.9. The third-order valence-electron chi connectivity index (χ3n) is 7.99. The van der Waals surface area contributed by atoms with Crippen LogP contribution in [0.15, 0.2) is 72.9 Å². The van der Waals surface area contributed by atoms with Gasteiger partial charge < -0.3 is 25.2 Å². The molecule has 11 heteroatoms. The molecule has 0 amide bonds. The second kappa shape index (κ2) is 37.7. The van der Waals surface area contributed by atoms with E-state index in [0.717, 1.165) is 70.6 Å². The predicted octanol–water partition coefficient (Wildman–Crippen LogP) is 10.6. The molecule has 0 aliphatic rings. The Balaban J connectivity index is 4.44. The first kappa shape index (κ1) is 50.4. The number of carbonyl (C=O) groups excluding carboxylic acids is 1. The van der Waals surface area contributed by atoms with Crippen LogP contribution >= 0.6 is 7.82 Å². The summed E-state index contributed by atoms with van der Waals surface area (Å²) in [6.45, 7) is 3.50. The number of phosphoric ester groups is 1. The number of hydrogen-bond donors (Lipinski definition) is 3. The fourth-order valence-corrected chi connectivity index (χ4v) is 5.67. The molecule has 53 heavy (non-hydrogen) atoms. The van der Waals surface area contributed by atoms with Gasteiger partial charge in [-0.3, -0.25) is 18.6 Å². The van der Waals surface area contributed by atoms with Gasteiger partial charge in [-0.15, -0.1) is 0 Å². The molecule has 304 valence electrons. The number of unbranched alkanes of at least 4 members (excludes halogenated alkanes) is 11. The Hall–Kier alpha value is -2.59. The van der Waals surface area contributed by atoms with E-state index in [4.69, 9.17) is 24.8 Å². The lowest BCUT2D eigenvalue weighted by atomic mass is 10.1. The summed E-state index contributed by atoms with van der Waals surface area (Å²) in [4.78, 5) is 33.4. The third-order valence-corrected chi connectivity index (χ3v) is 8.94. The lowest BCUT2D eigenvalue weighted by molar-refractivity contribution is -0.154. The Labute approximate surface area is 321 Å². The molecule has 0 bridgehead atoms. The normalized spacial score (nSPS) is 14.8. The van der Waals surface area contributed by atoms with Crippen molar-refractivity contribution in [3.05, 3.63) is 72.9 Å². The average Bonchev–Trinajstić information content (AvgIpc) is 3.13. The van der Waals surface area contributed by atoms with Crippen molar-refractivity contribution in [1.82, 2.24) is 0 Å². The Morgan fingerprint density at radius 3 is 1.64 bits per heavy atom. The van der Waals surface area contributed by atoms with Gasteiger partial charge in [-0.2, -0.15) is 0 Å². The molecule has 0 fully saturated rings. The largest absolute Gasteiger partial charge is 0.480 e. The molecule has 0 radical (unpaired) electrons. The first-order chi connectivity index (χ1) is 25.7. The predicted molar refractivity (Wildman–Crippen MR) is 217 cm³/mol. The summed E-state index contributed by atoms with van der Waals surface area (Å²) >= 11 is 0. The van der Waals surface area contributed by atoms with E-state index in [1.54, 1.807) is 0 Å². The quantitative estimate of drug-likeness (QED) is 0.0241. The number of phosphoric acid groups is 1. The van der Waals surface area contributed by atoms with Gasteiger partial charge in [-0.1, -0.05) is 138 Å². The van der Waals surface area contributed by atoms with Crippen LogP contribution in [0.4, 0.5) is 0 Å². The molecular weight excluding hydrogens is 693 g/mol. The van der Waals surface area contributed by atoms with Crippen LogP contribution in [-0.2, 0) is 32.7 Å². The molecule has 0 saturated carbocycles. The monoisotopic (exact) mass is 765 g/mol. The molecule has 4 N–H and O–H groups in total. The van der Waals surface area contributed by atoms with Crippen molar-refractivity contribution in [3.63, 3.8) is 0 Å². The summed E-state index contributed by atoms with van der Waals surface area (Å²) in [6, 6.07) is -1.49. The van der Waals surface area contributed by atoms with Crippen LogP contribution in [-0.4, -0.2) is 60.5 Å². The van der Waals surface area contributed by atoms with Crippen molar-refractivity contribution >= 4 is 19.8 Å². The first-order valence-corrected chi connectivity index (χ1v) is 21.5. The Morgan fingerprint density at radius 1 is 0.623 bits per heavy atom. The van der Waals surface area contributed by atoms with Gasteiger partial charge in [-0.05, 0) is 70.6 Å². The van der Waals surface area contributed by atoms with E-state index in [2.05, 4.69) is 79.1 Å². The van der Waals surface area contributed by atoms with Crippen LogP contribution in [0.2, 0.25) is 0 Å². The minimum absolute atomic E-state index is 0.0442. The van der Waals surface area contributed by atoms with Gasteiger partial charge in [0.15, 0.2) is 0 Å². The molecule has 0 aromatic rings. The summed E-state index contributed by atoms with van der Waals surface area (Å²) in [5.41, 5.74) is 5.34. The van der Waals surface area contributed by atoms with Crippen molar-refractivity contribution in [1.29, 1.82) is 0 Å². The number of carboxylic acids is 1. The van der Waals surface area contributed by atoms with Gasteiger partial charge in [0.2, 0.25) is 0 Å². The Morgan fingerprint density at radius 2 is 1.09 bits per heavy atom. The van der Waals surface area contributed by atoms with Crippen LogP contribution in [0.5, 0.6) is 0 Å². The van der Waals surface area contributed by atoms with Crippen LogP contribution < -0.4 is 5.73 Å². The van der Waals surface area contributed by atoms with Crippen molar-refractivity contribution in [3.8, 4) is 0 Å². The summed E-state index contributed by atoms with van der Waals surface area (Å²) in [6.07, 6.45) is 45.5. The van der Waals surface area contributed by atoms with Crippen molar-refractivity contribution in [2.45, 2.75) is 154 Å². The molecule has 0 rings (SSSR count). The lowest BCUT2D eigenvalue weighted by Gasteiger charge is -2.20. The van der Waals surface area contributed by atoms with E-state index in [-0.39, 0.29) is 13.0 Å². The lowest BCUT2D eigenvalue weighted by Crippen LogP contribution is -2.34. The maximum absolute atomic E-state index is 12.6. The van der Waals surface area contributed by atoms with Gasteiger partial charge in [0.1, 0.15) is 12.1 Å². The summed E-state index contributed by atoms with van der Waals surface area (Å²) in [5, 5.41) is 8.87. The van der Waals surface area contributed by atoms with E-state index in [1.165, 1.54) is 38.5 Å². The van der Waals surface area contributed by atoms with Crippen LogP contribution in [0.3, 0.4) is 0 Å². The van der Waals surface area contributed by atoms with E-state index < -0.39 is 45.1 Å². The van der Waals surface area contributed by atoms with E-state index in [9.17, 15) is 19.0 Å². The molecule has 0 aliphatic carbocycles. The first-order valence-electron chi connectivity index (χ1n) is 20.0. The molecule has 3 atom stereocenters. The molecule has 0 spiro atoms. The van der Waals surface area contributed by atoms with Crippen molar-refractivity contribution in [2.75, 3.05) is 26.4 Å². The van der Waals surface area contributed by atoms with E-state index >= 15 is 0 Å². The number of rotatable bonds is 37. The second-order valence-corrected chi connectivity index (χ2v) is 14.5. The number of carboxylic acid groups (broad SMARTS) is 1. The maximum Gasteiger partial charge on any atom is 0.472 e. The number of allylic oxidation sites excluding steroid dienone is 11. The SMILES string of the molecule is CC/C=C\C/C=C\C/C=C\C/C=C\C/C=C\CCOCC(COP(=O)(O)OCC(N)C(=O)O)OC(=O)CCCCCCC/C=C\CCCCCCCC. The topological polar surface area (TPSA) is 155 Å². The van der Waals surface area contributed by atoms with Crippen molar-refractivity contribution in [2.24, 2.45) is 5.73 Å². The number of aliphatic carboxylic acids is 1. The molecule has 0 aliphatic heterocycles. The van der Waals surface area contributed by atoms with Crippen molar-refractivity contribution < 1.29 is 42.7 Å². The number of hydrogen-bond acceptors (Lipinski definition) is 8. The smallest absolute Gasteiger partial charge is 0.472 e. The van der Waals surface area contributed by atoms with Gasteiger partial charge in [0.05, 0.1) is 26.4 Å². The minimum atomic E-state index is -4.64. The number of nitrogens with two attached hydrogens (primary N) is 1. The maximum atomic E-state index is 12.6. The molecule has 0 heterocycles. The summed E-state index contributed by atoms with van der Waals surface area (Å²) in [7, 11) is -4.64. The third kappa shape index (κ3) is 37.5. The summed E-state index contributed by atoms with van der Waals surface area (Å²) < 4.78 is 33.1. The highest BCUT2D eigenvalue weighted by atomic mass is 31.2. The number of esters is 1. The zero-order valence-electron chi connectivity index (χ0n) is 32.8. The minimum Gasteiger partial charge on any atom is -0.480 e. The van der Waals surface area contributed by atoms with Crippen LogP contribution in [0.25, 0.3) is 0 Å². The number of ether oxygens (including phenoxy) is 2. The van der Waals surface area contributed by atoms with Crippen LogP contribution in [0.1, 0.15) is 142 Å². The number of carbonyl (C=O) groups is 2.